The number of hydrogen-bond acceptors (Lipinski definition) is 2. The summed E-state index contributed by atoms with van der Waals surface area (Å²) in [4.78, 5) is 2.35. The van der Waals surface area contributed by atoms with Gasteiger partial charge in [-0.3, -0.25) is 0 Å². The van der Waals surface area contributed by atoms with E-state index >= 15 is 0 Å². The van der Waals surface area contributed by atoms with E-state index in [1.165, 1.54) is 12.8 Å². The fourth-order valence-electron chi connectivity index (χ4n) is 1.48. The van der Waals surface area contributed by atoms with Crippen LogP contribution in [-0.2, 0) is 0 Å². The molecule has 0 aliphatic carbocycles. The number of hydrogen-bond donors (Lipinski definition) is 1. The van der Waals surface area contributed by atoms with Crippen molar-refractivity contribution in [2.75, 3.05) is 19.6 Å². The van der Waals surface area contributed by atoms with Crippen LogP contribution in [0.25, 0.3) is 0 Å². The quantitative estimate of drug-likeness (QED) is 0.652. The van der Waals surface area contributed by atoms with Gasteiger partial charge in [0.2, 0.25) is 0 Å². The van der Waals surface area contributed by atoms with Crippen molar-refractivity contribution in [1.82, 2.24) is 4.90 Å². The maximum Gasteiger partial charge on any atom is 0.0692 e. The molecular weight excluding hydrogens is 174 g/mol. The van der Waals surface area contributed by atoms with Gasteiger partial charge < -0.3 is 10.0 Å². The predicted molar refractivity (Wildman–Crippen MR) is 62.5 cm³/mol. The van der Waals surface area contributed by atoms with E-state index in [0.717, 1.165) is 26.1 Å². The van der Waals surface area contributed by atoms with Crippen LogP contribution in [0.3, 0.4) is 0 Å². The van der Waals surface area contributed by atoms with Gasteiger partial charge >= 0.3 is 0 Å². The van der Waals surface area contributed by atoms with Gasteiger partial charge in [0.05, 0.1) is 6.10 Å². The molecule has 2 atom stereocenters. The molecule has 0 aromatic heterocycles. The third-order valence-corrected chi connectivity index (χ3v) is 3.02. The first kappa shape index (κ1) is 13.9. The van der Waals surface area contributed by atoms with Crippen molar-refractivity contribution in [3.63, 3.8) is 0 Å². The van der Waals surface area contributed by atoms with Crippen LogP contribution in [0.1, 0.15) is 47.0 Å². The van der Waals surface area contributed by atoms with Crippen LogP contribution in [0.4, 0.5) is 0 Å². The molecule has 0 bridgehead atoms. The average Bonchev–Trinajstić information content (AvgIpc) is 2.22. The molecular formula is C12H27NO. The van der Waals surface area contributed by atoms with Gasteiger partial charge in [-0.1, -0.05) is 40.5 Å². The van der Waals surface area contributed by atoms with Gasteiger partial charge in [-0.2, -0.15) is 0 Å². The van der Waals surface area contributed by atoms with Crippen molar-refractivity contribution < 1.29 is 5.11 Å². The second-order valence-corrected chi connectivity index (χ2v) is 4.20. The van der Waals surface area contributed by atoms with Crippen LogP contribution < -0.4 is 0 Å². The van der Waals surface area contributed by atoms with E-state index in [0.29, 0.717) is 5.92 Å². The molecule has 0 rings (SSSR count). The Morgan fingerprint density at radius 1 is 1.21 bits per heavy atom. The first-order valence-electron chi connectivity index (χ1n) is 6.06. The minimum absolute atomic E-state index is 0.156. The molecule has 0 saturated heterocycles. The van der Waals surface area contributed by atoms with E-state index < -0.39 is 0 Å². The molecule has 0 radical (unpaired) electrons. The lowest BCUT2D eigenvalue weighted by Crippen LogP contribution is -2.36. The molecule has 2 nitrogen and oxygen atoms in total. The maximum absolute atomic E-state index is 9.88. The van der Waals surface area contributed by atoms with Crippen LogP contribution in [0, 0.1) is 5.92 Å². The lowest BCUT2D eigenvalue weighted by Gasteiger charge is -2.26. The van der Waals surface area contributed by atoms with E-state index in [1.54, 1.807) is 0 Å². The Morgan fingerprint density at radius 2 is 1.86 bits per heavy atom. The van der Waals surface area contributed by atoms with Crippen LogP contribution in [0.5, 0.6) is 0 Å². The van der Waals surface area contributed by atoms with Crippen molar-refractivity contribution in [2.24, 2.45) is 5.92 Å². The highest BCUT2D eigenvalue weighted by atomic mass is 16.3. The predicted octanol–water partition coefficient (Wildman–Crippen LogP) is 2.52. The molecule has 2 unspecified atom stereocenters. The normalized spacial score (nSPS) is 15.9. The number of aliphatic hydroxyl groups is 1. The second kappa shape index (κ2) is 8.25. The summed E-state index contributed by atoms with van der Waals surface area (Å²) in [6.07, 6.45) is 3.38. The Morgan fingerprint density at radius 3 is 2.29 bits per heavy atom. The van der Waals surface area contributed by atoms with Gasteiger partial charge in [0.25, 0.3) is 0 Å². The molecule has 1 N–H and O–H groups in total. The van der Waals surface area contributed by atoms with Crippen molar-refractivity contribution >= 4 is 0 Å². The number of aliphatic hydroxyl groups excluding tert-OH is 1. The Kier molecular flexibility index (Phi) is 8.20. The van der Waals surface area contributed by atoms with Crippen molar-refractivity contribution in [3.8, 4) is 0 Å². The van der Waals surface area contributed by atoms with E-state index in [2.05, 4.69) is 32.6 Å². The summed E-state index contributed by atoms with van der Waals surface area (Å²) in [7, 11) is 0. The molecule has 0 spiro atoms. The molecule has 0 aromatic rings. The number of nitrogens with zero attached hydrogens (tertiary/aromatic N) is 1. The van der Waals surface area contributed by atoms with E-state index in [-0.39, 0.29) is 6.10 Å². The van der Waals surface area contributed by atoms with Crippen LogP contribution in [-0.4, -0.2) is 35.7 Å². The van der Waals surface area contributed by atoms with E-state index in [1.807, 2.05) is 0 Å². The molecule has 0 aromatic carbocycles. The monoisotopic (exact) mass is 201 g/mol. The zero-order valence-electron chi connectivity index (χ0n) is 10.3. The van der Waals surface area contributed by atoms with Gasteiger partial charge in [0.1, 0.15) is 0 Å². The average molecular weight is 201 g/mol. The summed E-state index contributed by atoms with van der Waals surface area (Å²) in [6, 6.07) is 0. The molecule has 0 saturated carbocycles. The SMILES string of the molecule is CCCCN(CC)CC(O)C(C)CC. The molecule has 0 aliphatic rings. The first-order valence-corrected chi connectivity index (χ1v) is 6.06. The zero-order chi connectivity index (χ0) is 11.0. The van der Waals surface area contributed by atoms with Crippen molar-refractivity contribution in [3.05, 3.63) is 0 Å². The largest absolute Gasteiger partial charge is 0.392 e. The summed E-state index contributed by atoms with van der Waals surface area (Å²) < 4.78 is 0. The van der Waals surface area contributed by atoms with Crippen molar-refractivity contribution in [2.45, 2.75) is 53.1 Å². The summed E-state index contributed by atoms with van der Waals surface area (Å²) in [6.45, 7) is 11.6. The molecule has 86 valence electrons. The third-order valence-electron chi connectivity index (χ3n) is 3.02. The highest BCUT2D eigenvalue weighted by Crippen LogP contribution is 2.09. The summed E-state index contributed by atoms with van der Waals surface area (Å²) in [5.74, 6) is 0.422. The fourth-order valence-corrected chi connectivity index (χ4v) is 1.48. The number of likely N-dealkylation sites (N-methyl/N-ethyl adjacent to an activating group) is 1. The molecule has 2 heteroatoms. The standard InChI is InChI=1S/C12H27NO/c1-5-8-9-13(7-3)10-12(14)11(4)6-2/h11-12,14H,5-10H2,1-4H3. The molecule has 0 heterocycles. The summed E-state index contributed by atoms with van der Waals surface area (Å²) >= 11 is 0. The van der Waals surface area contributed by atoms with Gasteiger partial charge in [0.15, 0.2) is 0 Å². The number of unbranched alkanes of at least 4 members (excludes halogenated alkanes) is 1. The van der Waals surface area contributed by atoms with Crippen LogP contribution >= 0.6 is 0 Å². The highest BCUT2D eigenvalue weighted by Gasteiger charge is 2.15. The Bertz CT molecular complexity index is 127. The Hall–Kier alpha value is -0.0800. The summed E-state index contributed by atoms with van der Waals surface area (Å²) in [5.41, 5.74) is 0. The van der Waals surface area contributed by atoms with E-state index in [4.69, 9.17) is 0 Å². The highest BCUT2D eigenvalue weighted by molar-refractivity contribution is 4.68. The topological polar surface area (TPSA) is 23.5 Å². The second-order valence-electron chi connectivity index (χ2n) is 4.20. The van der Waals surface area contributed by atoms with Gasteiger partial charge in [-0.25, -0.2) is 0 Å². The van der Waals surface area contributed by atoms with E-state index in [9.17, 15) is 5.11 Å². The number of rotatable bonds is 8. The van der Waals surface area contributed by atoms with Gasteiger partial charge in [0, 0.05) is 6.54 Å². The Labute approximate surface area is 89.3 Å². The lowest BCUT2D eigenvalue weighted by atomic mass is 10.0. The van der Waals surface area contributed by atoms with Gasteiger partial charge in [-0.15, -0.1) is 0 Å². The zero-order valence-corrected chi connectivity index (χ0v) is 10.3. The molecule has 14 heavy (non-hydrogen) atoms. The minimum atomic E-state index is -0.156. The van der Waals surface area contributed by atoms with Crippen LogP contribution in [0.2, 0.25) is 0 Å². The van der Waals surface area contributed by atoms with Crippen LogP contribution in [0.15, 0.2) is 0 Å². The van der Waals surface area contributed by atoms with Gasteiger partial charge in [-0.05, 0) is 25.4 Å². The molecule has 0 fully saturated rings. The maximum atomic E-state index is 9.88. The minimum Gasteiger partial charge on any atom is -0.392 e. The smallest absolute Gasteiger partial charge is 0.0692 e. The summed E-state index contributed by atoms with van der Waals surface area (Å²) in [5, 5.41) is 9.88. The van der Waals surface area contributed by atoms with Crippen molar-refractivity contribution in [1.29, 1.82) is 0 Å². The molecule has 0 aliphatic heterocycles. The first-order chi connectivity index (χ1) is 6.65. The molecule has 0 amide bonds. The third kappa shape index (κ3) is 5.61. The Balaban J connectivity index is 3.79. The fraction of sp³-hybridized carbons (Fsp3) is 1.00. The lowest BCUT2D eigenvalue weighted by molar-refractivity contribution is 0.0698.